The largest absolute Gasteiger partial charge is 0.439 e. The monoisotopic (exact) mass is 328 g/mol. The summed E-state index contributed by atoms with van der Waals surface area (Å²) in [6.45, 7) is -0.0242. The van der Waals surface area contributed by atoms with Crippen LogP contribution in [-0.2, 0) is 15.7 Å². The first-order chi connectivity index (χ1) is 10.8. The van der Waals surface area contributed by atoms with Crippen LogP contribution in [0.3, 0.4) is 0 Å². The first-order valence-electron chi connectivity index (χ1n) is 6.73. The number of cyclic esters (lactones) is 1. The highest BCUT2D eigenvalue weighted by Crippen LogP contribution is 2.29. The molecule has 1 aromatic rings. The van der Waals surface area contributed by atoms with Crippen molar-refractivity contribution in [1.29, 1.82) is 0 Å². The van der Waals surface area contributed by atoms with E-state index in [0.717, 1.165) is 29.2 Å². The molecule has 0 unspecified atom stereocenters. The average molecular weight is 328 g/mol. The van der Waals surface area contributed by atoms with Crippen LogP contribution in [0.2, 0.25) is 0 Å². The Labute approximate surface area is 128 Å². The summed E-state index contributed by atoms with van der Waals surface area (Å²) in [5.41, 5.74) is -0.715. The zero-order valence-electron chi connectivity index (χ0n) is 11.7. The number of likely N-dealkylation sites (tertiary alicyclic amines) is 1. The van der Waals surface area contributed by atoms with Gasteiger partial charge >= 0.3 is 12.3 Å². The van der Waals surface area contributed by atoms with E-state index in [1.165, 1.54) is 4.90 Å². The lowest BCUT2D eigenvalue weighted by Gasteiger charge is -2.41. The minimum atomic E-state index is -4.46. The van der Waals surface area contributed by atoms with Crippen molar-refractivity contribution in [3.8, 4) is 0 Å². The van der Waals surface area contributed by atoms with Crippen molar-refractivity contribution in [3.05, 3.63) is 35.4 Å². The molecule has 2 fully saturated rings. The van der Waals surface area contributed by atoms with E-state index in [1.807, 2.05) is 0 Å². The first-order valence-corrected chi connectivity index (χ1v) is 6.73. The first kappa shape index (κ1) is 15.3. The molecule has 0 aromatic heterocycles. The second-order valence-corrected chi connectivity index (χ2v) is 5.26. The van der Waals surface area contributed by atoms with Crippen molar-refractivity contribution in [3.63, 3.8) is 0 Å². The second kappa shape index (κ2) is 5.25. The summed E-state index contributed by atoms with van der Waals surface area (Å²) < 4.78 is 42.0. The van der Waals surface area contributed by atoms with Gasteiger partial charge in [0, 0.05) is 18.7 Å². The topological polar surface area (TPSA) is 66.9 Å². The SMILES string of the molecule is O=C(c1ccc(C(F)(F)F)cc1)N1CC(N2C(=O)COC2=O)C1. The molecule has 3 amide bonds. The lowest BCUT2D eigenvalue weighted by molar-refractivity contribution is -0.137. The molecule has 0 aliphatic carbocycles. The molecule has 1 aromatic carbocycles. The highest BCUT2D eigenvalue weighted by molar-refractivity contribution is 5.99. The third-order valence-electron chi connectivity index (χ3n) is 3.76. The van der Waals surface area contributed by atoms with E-state index in [9.17, 15) is 27.6 Å². The number of hydrogen-bond acceptors (Lipinski definition) is 4. The Morgan fingerprint density at radius 3 is 2.22 bits per heavy atom. The fourth-order valence-corrected chi connectivity index (χ4v) is 2.49. The van der Waals surface area contributed by atoms with Crippen LogP contribution in [0.1, 0.15) is 15.9 Å². The van der Waals surface area contributed by atoms with Crippen LogP contribution in [-0.4, -0.2) is 53.4 Å². The van der Waals surface area contributed by atoms with Gasteiger partial charge in [0.15, 0.2) is 6.61 Å². The smallest absolute Gasteiger partial charge is 0.417 e. The van der Waals surface area contributed by atoms with Gasteiger partial charge in [0.05, 0.1) is 11.6 Å². The summed E-state index contributed by atoms with van der Waals surface area (Å²) >= 11 is 0. The molecular formula is C14H11F3N2O4. The minimum Gasteiger partial charge on any atom is -0.439 e. The summed E-state index contributed by atoms with van der Waals surface area (Å²) in [6, 6.07) is 3.44. The number of hydrogen-bond donors (Lipinski definition) is 0. The van der Waals surface area contributed by atoms with Gasteiger partial charge in [0.2, 0.25) is 0 Å². The highest BCUT2D eigenvalue weighted by atomic mass is 19.4. The quantitative estimate of drug-likeness (QED) is 0.825. The molecule has 0 radical (unpaired) electrons. The number of carbonyl (C=O) groups excluding carboxylic acids is 3. The van der Waals surface area contributed by atoms with Crippen LogP contribution in [0.4, 0.5) is 18.0 Å². The Hall–Kier alpha value is -2.58. The molecule has 2 heterocycles. The number of halogens is 3. The summed E-state index contributed by atoms with van der Waals surface area (Å²) in [5, 5.41) is 0. The fourth-order valence-electron chi connectivity index (χ4n) is 2.49. The van der Waals surface area contributed by atoms with Crippen LogP contribution in [0.15, 0.2) is 24.3 Å². The zero-order valence-corrected chi connectivity index (χ0v) is 11.7. The number of ether oxygens (including phenoxy) is 1. The van der Waals surface area contributed by atoms with E-state index in [1.54, 1.807) is 0 Å². The number of amides is 3. The number of benzene rings is 1. The number of imide groups is 1. The lowest BCUT2D eigenvalue weighted by atomic mass is 10.0. The molecule has 23 heavy (non-hydrogen) atoms. The van der Waals surface area contributed by atoms with Crippen LogP contribution < -0.4 is 0 Å². The molecule has 2 aliphatic rings. The fraction of sp³-hybridized carbons (Fsp3) is 0.357. The molecule has 2 aliphatic heterocycles. The Morgan fingerprint density at radius 1 is 1.13 bits per heavy atom. The Kier molecular flexibility index (Phi) is 3.50. The number of alkyl halides is 3. The molecule has 122 valence electrons. The predicted molar refractivity (Wildman–Crippen MR) is 69.3 cm³/mol. The van der Waals surface area contributed by atoms with Crippen LogP contribution in [0.5, 0.6) is 0 Å². The van der Waals surface area contributed by atoms with Gasteiger partial charge in [0.25, 0.3) is 11.8 Å². The molecular weight excluding hydrogens is 317 g/mol. The van der Waals surface area contributed by atoms with Crippen molar-refractivity contribution in [1.82, 2.24) is 9.80 Å². The molecule has 0 spiro atoms. The normalized spacial score (nSPS) is 18.9. The Balaban J connectivity index is 1.63. The standard InChI is InChI=1S/C14H11F3N2O4/c15-14(16,17)9-3-1-8(2-4-9)12(21)18-5-10(6-18)19-11(20)7-23-13(19)22/h1-4,10H,5-7H2. The van der Waals surface area contributed by atoms with E-state index >= 15 is 0 Å². The van der Waals surface area contributed by atoms with Crippen LogP contribution in [0.25, 0.3) is 0 Å². The van der Waals surface area contributed by atoms with E-state index in [-0.39, 0.29) is 25.3 Å². The molecule has 3 rings (SSSR count). The second-order valence-electron chi connectivity index (χ2n) is 5.26. The Morgan fingerprint density at radius 2 is 1.74 bits per heavy atom. The average Bonchev–Trinajstić information content (AvgIpc) is 2.77. The third-order valence-corrected chi connectivity index (χ3v) is 3.76. The summed E-state index contributed by atoms with van der Waals surface area (Å²) in [6.07, 6.45) is -5.19. The maximum atomic E-state index is 12.5. The lowest BCUT2D eigenvalue weighted by Crippen LogP contribution is -2.62. The van der Waals surface area contributed by atoms with Crippen molar-refractivity contribution >= 4 is 17.9 Å². The van der Waals surface area contributed by atoms with Gasteiger partial charge in [-0.05, 0) is 24.3 Å². The highest BCUT2D eigenvalue weighted by Gasteiger charge is 2.44. The van der Waals surface area contributed by atoms with Gasteiger partial charge in [-0.25, -0.2) is 9.69 Å². The molecule has 0 atom stereocenters. The predicted octanol–water partition coefficient (Wildman–Crippen LogP) is 1.51. The van der Waals surface area contributed by atoms with Crippen molar-refractivity contribution in [2.45, 2.75) is 12.2 Å². The summed E-state index contributed by atoms with van der Waals surface area (Å²) in [7, 11) is 0. The molecule has 0 N–H and O–H groups in total. The van der Waals surface area contributed by atoms with Gasteiger partial charge in [-0.1, -0.05) is 0 Å². The van der Waals surface area contributed by atoms with Crippen LogP contribution in [0, 0.1) is 0 Å². The van der Waals surface area contributed by atoms with E-state index in [0.29, 0.717) is 0 Å². The molecule has 6 nitrogen and oxygen atoms in total. The van der Waals surface area contributed by atoms with E-state index in [4.69, 9.17) is 0 Å². The minimum absolute atomic E-state index is 0.117. The van der Waals surface area contributed by atoms with Gasteiger partial charge in [-0.3, -0.25) is 9.59 Å². The van der Waals surface area contributed by atoms with Gasteiger partial charge in [0.1, 0.15) is 0 Å². The molecule has 0 saturated carbocycles. The molecule has 2 saturated heterocycles. The number of nitrogens with zero attached hydrogens (tertiary/aromatic N) is 2. The third kappa shape index (κ3) is 2.73. The van der Waals surface area contributed by atoms with Crippen molar-refractivity contribution in [2.24, 2.45) is 0 Å². The van der Waals surface area contributed by atoms with Gasteiger partial charge in [-0.2, -0.15) is 13.2 Å². The van der Waals surface area contributed by atoms with Gasteiger partial charge in [-0.15, -0.1) is 0 Å². The maximum Gasteiger partial charge on any atom is 0.417 e. The van der Waals surface area contributed by atoms with E-state index < -0.39 is 35.7 Å². The van der Waals surface area contributed by atoms with E-state index in [2.05, 4.69) is 4.74 Å². The zero-order chi connectivity index (χ0) is 16.8. The summed E-state index contributed by atoms with van der Waals surface area (Å²) in [5.74, 6) is -0.906. The van der Waals surface area contributed by atoms with Crippen molar-refractivity contribution < 1.29 is 32.3 Å². The molecule has 0 bridgehead atoms. The number of carbonyl (C=O) groups is 3. The van der Waals surface area contributed by atoms with Crippen LogP contribution >= 0.6 is 0 Å². The van der Waals surface area contributed by atoms with Gasteiger partial charge < -0.3 is 9.64 Å². The molecule has 9 heteroatoms. The summed E-state index contributed by atoms with van der Waals surface area (Å²) in [4.78, 5) is 37.3. The maximum absolute atomic E-state index is 12.5. The number of rotatable bonds is 2. The van der Waals surface area contributed by atoms with Crippen molar-refractivity contribution in [2.75, 3.05) is 19.7 Å². The Bertz CT molecular complexity index is 650.